The van der Waals surface area contributed by atoms with Crippen molar-refractivity contribution in [1.82, 2.24) is 16.2 Å². The van der Waals surface area contributed by atoms with Crippen LogP contribution in [-0.4, -0.2) is 54.6 Å². The molecule has 0 radical (unpaired) electrons. The molecule has 0 bridgehead atoms. The number of benzene rings is 2. The summed E-state index contributed by atoms with van der Waals surface area (Å²) >= 11 is 7.07. The van der Waals surface area contributed by atoms with E-state index in [4.69, 9.17) is 16.0 Å². The Morgan fingerprint density at radius 2 is 1.74 bits per heavy atom. The van der Waals surface area contributed by atoms with Crippen LogP contribution in [0.2, 0.25) is 23.2 Å². The third-order valence-corrected chi connectivity index (χ3v) is 13.3. The van der Waals surface area contributed by atoms with Gasteiger partial charge in [0.25, 0.3) is 17.7 Å². The molecule has 1 heterocycles. The van der Waals surface area contributed by atoms with E-state index >= 15 is 4.39 Å². The van der Waals surface area contributed by atoms with Crippen LogP contribution >= 0.6 is 23.4 Å². The highest BCUT2D eigenvalue weighted by atomic mass is 35.5. The van der Waals surface area contributed by atoms with E-state index < -0.39 is 55.2 Å². The zero-order valence-corrected chi connectivity index (χ0v) is 27.1. The van der Waals surface area contributed by atoms with Crippen LogP contribution in [-0.2, 0) is 20.6 Å². The summed E-state index contributed by atoms with van der Waals surface area (Å²) in [4.78, 5) is 52.6. The van der Waals surface area contributed by atoms with Gasteiger partial charge in [-0.15, -0.1) is 11.8 Å². The summed E-state index contributed by atoms with van der Waals surface area (Å²) in [5, 5.41) is 11.8. The van der Waals surface area contributed by atoms with Crippen molar-refractivity contribution in [3.63, 3.8) is 0 Å². The molecule has 0 spiro atoms. The number of nitrogens with zero attached hydrogens (tertiary/aromatic N) is 1. The minimum Gasteiger partial charge on any atom is -0.465 e. The monoisotopic (exact) mass is 638 g/mol. The van der Waals surface area contributed by atoms with Crippen molar-refractivity contribution in [3.8, 4) is 0 Å². The molecule has 3 rings (SSSR count). The van der Waals surface area contributed by atoms with Crippen LogP contribution in [0, 0.1) is 5.82 Å². The highest BCUT2D eigenvalue weighted by molar-refractivity contribution is 7.99. The fourth-order valence-electron chi connectivity index (χ4n) is 3.95. The van der Waals surface area contributed by atoms with Crippen molar-refractivity contribution < 1.29 is 33.1 Å². The lowest BCUT2D eigenvalue weighted by Gasteiger charge is -2.41. The molecule has 14 heteroatoms. The Morgan fingerprint density at radius 3 is 2.31 bits per heavy atom. The lowest BCUT2D eigenvalue weighted by molar-refractivity contribution is -0.135. The number of rotatable bonds is 7. The number of carbonyl (C=O) groups is 4. The number of hydrogen-bond donors (Lipinski definition) is 4. The van der Waals surface area contributed by atoms with E-state index in [2.05, 4.69) is 16.2 Å². The van der Waals surface area contributed by atoms with Crippen molar-refractivity contribution in [2.45, 2.75) is 75.8 Å². The van der Waals surface area contributed by atoms with Crippen LogP contribution in [0.15, 0.2) is 41.3 Å². The number of hydrazine groups is 1. The summed E-state index contributed by atoms with van der Waals surface area (Å²) in [6.07, 6.45) is -1.38. The lowest BCUT2D eigenvalue weighted by Crippen LogP contribution is -2.57. The van der Waals surface area contributed by atoms with E-state index in [1.165, 1.54) is 11.0 Å². The maximum Gasteiger partial charge on any atom is 0.405 e. The predicted octanol–water partition coefficient (Wildman–Crippen LogP) is 5.32. The van der Waals surface area contributed by atoms with Gasteiger partial charge in [0.15, 0.2) is 8.32 Å². The van der Waals surface area contributed by atoms with E-state index in [-0.39, 0.29) is 23.0 Å². The summed E-state index contributed by atoms with van der Waals surface area (Å²) < 4.78 is 21.5. The van der Waals surface area contributed by atoms with Gasteiger partial charge in [0.2, 0.25) is 0 Å². The molecule has 2 aromatic rings. The summed E-state index contributed by atoms with van der Waals surface area (Å²) in [6, 6.07) is 7.91. The molecule has 0 saturated heterocycles. The van der Waals surface area contributed by atoms with Crippen LogP contribution in [0.5, 0.6) is 0 Å². The molecule has 1 aliphatic heterocycles. The topological polar surface area (TPSA) is 137 Å². The summed E-state index contributed by atoms with van der Waals surface area (Å²) in [7, 11) is -2.34. The molecular formula is C28H36ClFN4O6SSi. The van der Waals surface area contributed by atoms with Crippen molar-refractivity contribution in [1.29, 1.82) is 0 Å². The van der Waals surface area contributed by atoms with Gasteiger partial charge in [0.05, 0.1) is 17.8 Å². The van der Waals surface area contributed by atoms with E-state index in [9.17, 15) is 24.3 Å². The summed E-state index contributed by atoms with van der Waals surface area (Å²) in [6.45, 7) is 13.3. The van der Waals surface area contributed by atoms with Crippen LogP contribution in [0.1, 0.15) is 50.5 Å². The first-order valence-electron chi connectivity index (χ1n) is 13.1. The molecule has 228 valence electrons. The second-order valence-electron chi connectivity index (χ2n) is 11.9. The number of fused-ring (bicyclic) bond motifs is 1. The average molecular weight is 639 g/mol. The number of hydrogen-bond acceptors (Lipinski definition) is 6. The first kappa shape index (κ1) is 33.4. The Bertz CT molecular complexity index is 1380. The second-order valence-corrected chi connectivity index (χ2v) is 18.2. The fraction of sp³-hybridized carbons (Fsp3) is 0.429. The third-order valence-electron chi connectivity index (χ3n) is 7.26. The number of amides is 4. The van der Waals surface area contributed by atoms with Crippen molar-refractivity contribution in [3.05, 3.63) is 58.4 Å². The number of thioether (sulfide) groups is 1. The van der Waals surface area contributed by atoms with Crippen LogP contribution in [0.25, 0.3) is 0 Å². The molecule has 0 fully saturated rings. The van der Waals surface area contributed by atoms with Gasteiger partial charge in [0, 0.05) is 15.7 Å². The molecule has 42 heavy (non-hydrogen) atoms. The van der Waals surface area contributed by atoms with Gasteiger partial charge in [-0.05, 0) is 61.8 Å². The Hall–Kier alpha value is -3.13. The zero-order valence-electron chi connectivity index (χ0n) is 24.6. The smallest absolute Gasteiger partial charge is 0.405 e. The first-order valence-corrected chi connectivity index (χ1v) is 17.4. The quantitative estimate of drug-likeness (QED) is 0.238. The van der Waals surface area contributed by atoms with E-state index in [1.54, 1.807) is 38.1 Å². The highest BCUT2D eigenvalue weighted by Crippen LogP contribution is 2.39. The predicted molar refractivity (Wildman–Crippen MR) is 163 cm³/mol. The van der Waals surface area contributed by atoms with E-state index in [0.29, 0.717) is 15.5 Å². The zero-order chi connectivity index (χ0) is 31.6. The minimum atomic E-state index is -2.34. The maximum atomic E-state index is 15.2. The average Bonchev–Trinajstić information content (AvgIpc) is 2.98. The Morgan fingerprint density at radius 1 is 1.12 bits per heavy atom. The Balaban J connectivity index is 1.89. The molecule has 0 saturated carbocycles. The number of carbonyl (C=O) groups excluding carboxylic acids is 3. The molecule has 10 nitrogen and oxygen atoms in total. The van der Waals surface area contributed by atoms with Crippen LogP contribution in [0.3, 0.4) is 0 Å². The van der Waals surface area contributed by atoms with Gasteiger partial charge >= 0.3 is 6.09 Å². The molecule has 0 aliphatic carbocycles. The SMILES string of the molecule is CC(C)(O[Si](C)(C)C(C)(C)C)C(=O)NNC(=O)c1cc2c(cc1F)SCC(NC(=O)O)C(=O)N2Cc1ccc(Cl)cc1. The number of anilines is 1. The normalized spacial score (nSPS) is 15.9. The molecule has 1 aliphatic rings. The van der Waals surface area contributed by atoms with Gasteiger partial charge in [-0.25, -0.2) is 9.18 Å². The standard InChI is InChI=1S/C28H36ClFN4O6SSi/c1-27(2,3)42(6,7)40-28(4,5)25(37)33-32-23(35)18-12-21-22(13-19(18)30)41-15-20(31-26(38)39)24(36)34(21)14-16-8-10-17(29)11-9-16/h8-13,20,31H,14-15H2,1-7H3,(H,32,35)(H,33,37)(H,38,39). The van der Waals surface area contributed by atoms with Crippen molar-refractivity contribution >= 4 is 61.2 Å². The van der Waals surface area contributed by atoms with Crippen LogP contribution in [0.4, 0.5) is 14.9 Å². The molecule has 1 atom stereocenters. The molecule has 2 aromatic carbocycles. The Kier molecular flexibility index (Phi) is 10.0. The van der Waals surface area contributed by atoms with Gasteiger partial charge in [-0.3, -0.25) is 25.2 Å². The number of carboxylic acid groups (broad SMARTS) is 1. The largest absolute Gasteiger partial charge is 0.465 e. The third kappa shape index (κ3) is 7.82. The second kappa shape index (κ2) is 12.6. The van der Waals surface area contributed by atoms with Crippen molar-refractivity contribution in [2.24, 2.45) is 0 Å². The Labute approximate surface area is 254 Å². The van der Waals surface area contributed by atoms with E-state index in [1.807, 2.05) is 33.9 Å². The molecule has 0 aromatic heterocycles. The fourth-order valence-corrected chi connectivity index (χ4v) is 6.83. The summed E-state index contributed by atoms with van der Waals surface area (Å²) in [5.74, 6) is -3.00. The first-order chi connectivity index (χ1) is 19.3. The highest BCUT2D eigenvalue weighted by Gasteiger charge is 2.44. The molecule has 1 unspecified atom stereocenters. The van der Waals surface area contributed by atoms with Gasteiger partial charge < -0.3 is 19.7 Å². The van der Waals surface area contributed by atoms with Gasteiger partial charge in [-0.2, -0.15) is 0 Å². The number of nitrogens with one attached hydrogen (secondary N) is 3. The van der Waals surface area contributed by atoms with E-state index in [0.717, 1.165) is 17.8 Å². The van der Waals surface area contributed by atoms with Gasteiger partial charge in [-0.1, -0.05) is 44.5 Å². The minimum absolute atomic E-state index is 0.00374. The lowest BCUT2D eigenvalue weighted by atomic mass is 10.1. The maximum absolute atomic E-state index is 15.2. The molecule has 4 amide bonds. The van der Waals surface area contributed by atoms with Gasteiger partial charge in [0.1, 0.15) is 17.5 Å². The number of halogens is 2. The van der Waals surface area contributed by atoms with Crippen LogP contribution < -0.4 is 21.1 Å². The molecule has 4 N–H and O–H groups in total. The van der Waals surface area contributed by atoms with Crippen molar-refractivity contribution in [2.75, 3.05) is 10.7 Å². The summed E-state index contributed by atoms with van der Waals surface area (Å²) in [5.41, 5.74) is 3.76. The molecular weight excluding hydrogens is 603 g/mol.